The smallest absolute Gasteiger partial charge is 0.230 e. The highest BCUT2D eigenvalue weighted by atomic mass is 16.2. The lowest BCUT2D eigenvalue weighted by molar-refractivity contribution is -0.148. The predicted molar refractivity (Wildman–Crippen MR) is 115 cm³/mol. The number of nitrogens with zero attached hydrogens (tertiary/aromatic N) is 1. The average Bonchev–Trinajstić information content (AvgIpc) is 2.67. The summed E-state index contributed by atoms with van der Waals surface area (Å²) in [6.07, 6.45) is 9.91. The highest BCUT2D eigenvalue weighted by molar-refractivity contribution is 5.96. The third-order valence-electron chi connectivity index (χ3n) is 7.83. The zero-order valence-corrected chi connectivity index (χ0v) is 17.5. The lowest BCUT2D eigenvalue weighted by Crippen LogP contribution is -2.65. The van der Waals surface area contributed by atoms with Crippen LogP contribution in [0.2, 0.25) is 0 Å². The molecule has 4 atom stereocenters. The minimum atomic E-state index is -0.321. The van der Waals surface area contributed by atoms with Crippen molar-refractivity contribution in [2.24, 2.45) is 17.3 Å². The Morgan fingerprint density at radius 3 is 2.24 bits per heavy atom. The van der Waals surface area contributed by atoms with Crippen LogP contribution in [0.15, 0.2) is 24.3 Å². The van der Waals surface area contributed by atoms with E-state index in [0.29, 0.717) is 11.8 Å². The number of amides is 2. The summed E-state index contributed by atoms with van der Waals surface area (Å²) in [5.74, 6) is 1.33. The monoisotopic (exact) mass is 395 g/mol. The van der Waals surface area contributed by atoms with E-state index in [1.54, 1.807) is 6.92 Å². The molecule has 5 heteroatoms. The maximum absolute atomic E-state index is 13.4. The molecule has 1 aromatic carbocycles. The van der Waals surface area contributed by atoms with E-state index < -0.39 is 0 Å². The first-order valence-corrected chi connectivity index (χ1v) is 11.4. The molecule has 1 heterocycles. The first-order valence-electron chi connectivity index (χ1n) is 11.4. The number of carbonyl (C=O) groups is 2. The number of rotatable bonds is 4. The molecule has 4 aliphatic carbocycles. The van der Waals surface area contributed by atoms with Crippen LogP contribution in [0.4, 0.5) is 11.4 Å². The van der Waals surface area contributed by atoms with E-state index in [1.165, 1.54) is 31.4 Å². The van der Waals surface area contributed by atoms with Crippen LogP contribution < -0.4 is 15.5 Å². The summed E-state index contributed by atoms with van der Waals surface area (Å²) in [6, 6.07) is 8.37. The fraction of sp³-hybridized carbons (Fsp3) is 0.667. The van der Waals surface area contributed by atoms with Crippen molar-refractivity contribution < 1.29 is 9.59 Å². The lowest BCUT2D eigenvalue weighted by Gasteiger charge is -2.61. The lowest BCUT2D eigenvalue weighted by atomic mass is 9.46. The van der Waals surface area contributed by atoms with Crippen LogP contribution in [0.1, 0.15) is 64.7 Å². The predicted octanol–water partition coefficient (Wildman–Crippen LogP) is 4.09. The molecular formula is C24H33N3O2. The highest BCUT2D eigenvalue weighted by Gasteiger charge is 2.60. The van der Waals surface area contributed by atoms with E-state index in [-0.39, 0.29) is 22.8 Å². The molecule has 5 fully saturated rings. The van der Waals surface area contributed by atoms with Crippen LogP contribution >= 0.6 is 0 Å². The van der Waals surface area contributed by atoms with E-state index in [0.717, 1.165) is 50.9 Å². The Morgan fingerprint density at radius 1 is 0.966 bits per heavy atom. The molecule has 5 aliphatic rings. The molecule has 1 saturated heterocycles. The van der Waals surface area contributed by atoms with Crippen molar-refractivity contribution in [3.63, 3.8) is 0 Å². The second-order valence-electron chi connectivity index (χ2n) is 10.3. The zero-order chi connectivity index (χ0) is 20.1. The van der Waals surface area contributed by atoms with Crippen LogP contribution in [-0.4, -0.2) is 30.4 Å². The Kier molecular flexibility index (Phi) is 4.60. The number of piperidine rings is 1. The van der Waals surface area contributed by atoms with Gasteiger partial charge in [0.1, 0.15) is 0 Å². The molecule has 4 saturated carbocycles. The average molecular weight is 396 g/mol. The second-order valence-corrected chi connectivity index (χ2v) is 10.3. The van der Waals surface area contributed by atoms with Crippen LogP contribution in [0.5, 0.6) is 0 Å². The molecule has 1 aliphatic heterocycles. The van der Waals surface area contributed by atoms with E-state index in [4.69, 9.17) is 0 Å². The van der Waals surface area contributed by atoms with Gasteiger partial charge in [-0.15, -0.1) is 0 Å². The van der Waals surface area contributed by atoms with Gasteiger partial charge in [-0.05, 0) is 93.9 Å². The molecule has 2 unspecified atom stereocenters. The summed E-state index contributed by atoms with van der Waals surface area (Å²) in [5.41, 5.74) is 1.66. The summed E-state index contributed by atoms with van der Waals surface area (Å²) in [6.45, 7) is 3.86. The number of benzene rings is 1. The minimum absolute atomic E-state index is 0.0378. The second kappa shape index (κ2) is 7.03. The van der Waals surface area contributed by atoms with Crippen molar-refractivity contribution in [2.45, 2.75) is 70.3 Å². The minimum Gasteiger partial charge on any atom is -0.372 e. The Morgan fingerprint density at radius 2 is 1.62 bits per heavy atom. The molecular weight excluding hydrogens is 362 g/mol. The molecule has 2 amide bonds. The van der Waals surface area contributed by atoms with Gasteiger partial charge in [-0.1, -0.05) is 0 Å². The van der Waals surface area contributed by atoms with E-state index in [1.807, 2.05) is 12.1 Å². The molecule has 6 rings (SSSR count). The maximum Gasteiger partial charge on any atom is 0.230 e. The Balaban J connectivity index is 1.31. The van der Waals surface area contributed by atoms with Gasteiger partial charge in [0.25, 0.3) is 0 Å². The molecule has 4 bridgehead atoms. The molecule has 0 aromatic heterocycles. The van der Waals surface area contributed by atoms with Crippen molar-refractivity contribution in [3.8, 4) is 0 Å². The summed E-state index contributed by atoms with van der Waals surface area (Å²) in [4.78, 5) is 27.7. The van der Waals surface area contributed by atoms with Crippen molar-refractivity contribution in [1.82, 2.24) is 5.32 Å². The standard InChI is InChI=1S/C24H33N3O2/c1-17(28)26-24-14-18-11-19(15-24)13-23(12-18,16-24)22(29)25-20-5-7-21(8-6-20)27-9-3-2-4-10-27/h5-8,18-19H,2-4,9-16H2,1H3,(H,25,29)(H,26,28)/t18-,19+,23?,24?. The van der Waals surface area contributed by atoms with Gasteiger partial charge in [-0.2, -0.15) is 0 Å². The fourth-order valence-corrected chi connectivity index (χ4v) is 7.22. The first-order chi connectivity index (χ1) is 14.0. The summed E-state index contributed by atoms with van der Waals surface area (Å²) >= 11 is 0. The van der Waals surface area contributed by atoms with Crippen LogP contribution in [0, 0.1) is 17.3 Å². The number of hydrogen-bond acceptors (Lipinski definition) is 3. The third kappa shape index (κ3) is 3.53. The zero-order valence-electron chi connectivity index (χ0n) is 17.5. The largest absolute Gasteiger partial charge is 0.372 e. The number of nitrogens with one attached hydrogen (secondary N) is 2. The summed E-state index contributed by atoms with van der Waals surface area (Å²) in [5, 5.41) is 6.48. The summed E-state index contributed by atoms with van der Waals surface area (Å²) < 4.78 is 0. The van der Waals surface area contributed by atoms with E-state index in [9.17, 15) is 9.59 Å². The fourth-order valence-electron chi connectivity index (χ4n) is 7.22. The molecule has 0 radical (unpaired) electrons. The Labute approximate surface area is 173 Å². The topological polar surface area (TPSA) is 61.4 Å². The van der Waals surface area contributed by atoms with Crippen molar-refractivity contribution >= 4 is 23.2 Å². The van der Waals surface area contributed by atoms with Crippen molar-refractivity contribution in [3.05, 3.63) is 24.3 Å². The molecule has 29 heavy (non-hydrogen) atoms. The van der Waals surface area contributed by atoms with Gasteiger partial charge in [0.05, 0.1) is 5.41 Å². The Hall–Kier alpha value is -2.04. The molecule has 0 spiro atoms. The van der Waals surface area contributed by atoms with Gasteiger partial charge < -0.3 is 15.5 Å². The molecule has 2 N–H and O–H groups in total. The van der Waals surface area contributed by atoms with Gasteiger partial charge in [-0.3, -0.25) is 9.59 Å². The van der Waals surface area contributed by atoms with Crippen molar-refractivity contribution in [2.75, 3.05) is 23.3 Å². The third-order valence-corrected chi connectivity index (χ3v) is 7.83. The molecule has 5 nitrogen and oxygen atoms in total. The van der Waals surface area contributed by atoms with Gasteiger partial charge in [0.15, 0.2) is 0 Å². The SMILES string of the molecule is CC(=O)NC12C[C@H]3C[C@@H](C1)CC(C(=O)Nc1ccc(N4CCCCC4)cc1)(C3)C2. The summed E-state index contributed by atoms with van der Waals surface area (Å²) in [7, 11) is 0. The van der Waals surface area contributed by atoms with Crippen LogP contribution in [-0.2, 0) is 9.59 Å². The normalized spacial score (nSPS) is 35.4. The van der Waals surface area contributed by atoms with Crippen LogP contribution in [0.3, 0.4) is 0 Å². The number of anilines is 2. The highest BCUT2D eigenvalue weighted by Crippen LogP contribution is 2.61. The van der Waals surface area contributed by atoms with Crippen LogP contribution in [0.25, 0.3) is 0 Å². The quantitative estimate of drug-likeness (QED) is 0.807. The molecule has 156 valence electrons. The van der Waals surface area contributed by atoms with Gasteiger partial charge >= 0.3 is 0 Å². The Bertz CT molecular complexity index is 783. The number of carbonyl (C=O) groups excluding carboxylic acids is 2. The molecule has 1 aromatic rings. The van der Waals surface area contributed by atoms with Crippen molar-refractivity contribution in [1.29, 1.82) is 0 Å². The maximum atomic E-state index is 13.4. The van der Waals surface area contributed by atoms with E-state index in [2.05, 4.69) is 27.7 Å². The number of hydrogen-bond donors (Lipinski definition) is 2. The van der Waals surface area contributed by atoms with E-state index >= 15 is 0 Å². The first kappa shape index (κ1) is 19.0. The van der Waals surface area contributed by atoms with Gasteiger partial charge in [-0.25, -0.2) is 0 Å². The van der Waals surface area contributed by atoms with Gasteiger partial charge in [0.2, 0.25) is 11.8 Å². The van der Waals surface area contributed by atoms with Gasteiger partial charge in [0, 0.05) is 36.9 Å².